The van der Waals surface area contributed by atoms with Crippen LogP contribution >= 0.6 is 11.8 Å². The molecule has 7 heteroatoms. The monoisotopic (exact) mass is 303 g/mol. The van der Waals surface area contributed by atoms with Crippen LogP contribution in [0.1, 0.15) is 16.3 Å². The Morgan fingerprint density at radius 3 is 3.00 bits per heavy atom. The SMILES string of the molecule is NCc1ccc(C(=O)Nc2ccc3c(c2)NC(=O)CS3)o1. The average molecular weight is 303 g/mol. The molecule has 1 aromatic heterocycles. The van der Waals surface area contributed by atoms with Crippen LogP contribution in [-0.4, -0.2) is 17.6 Å². The van der Waals surface area contributed by atoms with Crippen LogP contribution in [0.3, 0.4) is 0 Å². The van der Waals surface area contributed by atoms with Crippen molar-refractivity contribution >= 4 is 35.0 Å². The molecule has 2 amide bonds. The first-order valence-corrected chi connectivity index (χ1v) is 7.31. The number of carbonyl (C=O) groups is 2. The maximum Gasteiger partial charge on any atom is 0.291 e. The van der Waals surface area contributed by atoms with Crippen molar-refractivity contribution in [2.45, 2.75) is 11.4 Å². The quantitative estimate of drug-likeness (QED) is 0.806. The molecular weight excluding hydrogens is 290 g/mol. The van der Waals surface area contributed by atoms with Crippen molar-refractivity contribution in [3.63, 3.8) is 0 Å². The van der Waals surface area contributed by atoms with Crippen molar-refractivity contribution in [1.29, 1.82) is 0 Å². The van der Waals surface area contributed by atoms with E-state index in [9.17, 15) is 9.59 Å². The van der Waals surface area contributed by atoms with Gasteiger partial charge in [0.15, 0.2) is 5.76 Å². The number of fused-ring (bicyclic) bond motifs is 1. The summed E-state index contributed by atoms with van der Waals surface area (Å²) in [7, 11) is 0. The number of anilines is 2. The van der Waals surface area contributed by atoms with E-state index >= 15 is 0 Å². The van der Waals surface area contributed by atoms with Gasteiger partial charge in [-0.15, -0.1) is 11.8 Å². The first-order chi connectivity index (χ1) is 10.2. The van der Waals surface area contributed by atoms with Crippen LogP contribution in [0.4, 0.5) is 11.4 Å². The van der Waals surface area contributed by atoms with Gasteiger partial charge in [0, 0.05) is 10.6 Å². The second kappa shape index (κ2) is 5.63. The van der Waals surface area contributed by atoms with Gasteiger partial charge >= 0.3 is 0 Å². The summed E-state index contributed by atoms with van der Waals surface area (Å²) < 4.78 is 5.29. The largest absolute Gasteiger partial charge is 0.455 e. The Bertz CT molecular complexity index is 711. The van der Waals surface area contributed by atoms with Crippen molar-refractivity contribution in [1.82, 2.24) is 0 Å². The zero-order valence-electron chi connectivity index (χ0n) is 11.0. The number of hydrogen-bond donors (Lipinski definition) is 3. The average Bonchev–Trinajstić information content (AvgIpc) is 2.96. The molecule has 0 radical (unpaired) electrons. The first kappa shape index (κ1) is 13.7. The predicted molar refractivity (Wildman–Crippen MR) is 80.3 cm³/mol. The highest BCUT2D eigenvalue weighted by molar-refractivity contribution is 8.00. The molecule has 0 bridgehead atoms. The smallest absolute Gasteiger partial charge is 0.291 e. The normalized spacial score (nSPS) is 13.5. The number of rotatable bonds is 3. The minimum atomic E-state index is -0.357. The van der Waals surface area contributed by atoms with Crippen LogP contribution in [-0.2, 0) is 11.3 Å². The number of nitrogens with one attached hydrogen (secondary N) is 2. The summed E-state index contributed by atoms with van der Waals surface area (Å²) in [5, 5.41) is 5.50. The number of furan rings is 1. The van der Waals surface area contributed by atoms with E-state index in [4.69, 9.17) is 10.2 Å². The highest BCUT2D eigenvalue weighted by atomic mass is 32.2. The molecule has 1 aliphatic heterocycles. The minimum absolute atomic E-state index is 0.0467. The zero-order chi connectivity index (χ0) is 14.8. The van der Waals surface area contributed by atoms with Crippen LogP contribution in [0.2, 0.25) is 0 Å². The maximum absolute atomic E-state index is 12.0. The summed E-state index contributed by atoms with van der Waals surface area (Å²) in [4.78, 5) is 24.4. The van der Waals surface area contributed by atoms with Gasteiger partial charge in [0.05, 0.1) is 18.0 Å². The molecule has 1 aromatic carbocycles. The second-order valence-corrected chi connectivity index (χ2v) is 5.49. The summed E-state index contributed by atoms with van der Waals surface area (Å²) in [5.74, 6) is 0.757. The van der Waals surface area contributed by atoms with Gasteiger partial charge in [0.2, 0.25) is 5.91 Å². The van der Waals surface area contributed by atoms with E-state index in [0.717, 1.165) is 4.90 Å². The molecule has 21 heavy (non-hydrogen) atoms. The lowest BCUT2D eigenvalue weighted by atomic mass is 10.2. The Morgan fingerprint density at radius 2 is 2.24 bits per heavy atom. The van der Waals surface area contributed by atoms with E-state index in [-0.39, 0.29) is 24.1 Å². The van der Waals surface area contributed by atoms with Gasteiger partial charge in [-0.2, -0.15) is 0 Å². The molecule has 2 heterocycles. The van der Waals surface area contributed by atoms with Crippen molar-refractivity contribution < 1.29 is 14.0 Å². The van der Waals surface area contributed by atoms with Gasteiger partial charge < -0.3 is 20.8 Å². The third-order valence-corrected chi connectivity index (χ3v) is 4.03. The van der Waals surface area contributed by atoms with Gasteiger partial charge in [-0.05, 0) is 30.3 Å². The topological polar surface area (TPSA) is 97.4 Å². The van der Waals surface area contributed by atoms with Crippen LogP contribution in [0.5, 0.6) is 0 Å². The fourth-order valence-corrected chi connectivity index (χ4v) is 2.75. The Balaban J connectivity index is 1.77. The number of benzene rings is 1. The molecule has 4 N–H and O–H groups in total. The number of carbonyl (C=O) groups excluding carboxylic acids is 2. The van der Waals surface area contributed by atoms with Crippen LogP contribution < -0.4 is 16.4 Å². The first-order valence-electron chi connectivity index (χ1n) is 6.32. The van der Waals surface area contributed by atoms with Crippen molar-refractivity contribution in [3.8, 4) is 0 Å². The molecule has 2 aromatic rings. The van der Waals surface area contributed by atoms with Crippen molar-refractivity contribution in [2.24, 2.45) is 5.73 Å². The molecule has 1 aliphatic rings. The summed E-state index contributed by atoms with van der Waals surface area (Å²) in [6, 6.07) is 8.62. The van der Waals surface area contributed by atoms with Crippen LogP contribution in [0.15, 0.2) is 39.6 Å². The molecule has 0 spiro atoms. The molecule has 6 nitrogen and oxygen atoms in total. The summed E-state index contributed by atoms with van der Waals surface area (Å²) in [6.07, 6.45) is 0. The fraction of sp³-hybridized carbons (Fsp3) is 0.143. The molecule has 3 rings (SSSR count). The van der Waals surface area contributed by atoms with Gasteiger partial charge in [0.25, 0.3) is 5.91 Å². The van der Waals surface area contributed by atoms with Crippen molar-refractivity contribution in [2.75, 3.05) is 16.4 Å². The van der Waals surface area contributed by atoms with E-state index < -0.39 is 0 Å². The molecule has 0 unspecified atom stereocenters. The number of hydrogen-bond acceptors (Lipinski definition) is 5. The molecule has 0 aliphatic carbocycles. The van der Waals surface area contributed by atoms with E-state index in [1.165, 1.54) is 11.8 Å². The third-order valence-electron chi connectivity index (χ3n) is 2.96. The lowest BCUT2D eigenvalue weighted by molar-refractivity contribution is -0.113. The molecule has 0 saturated heterocycles. The minimum Gasteiger partial charge on any atom is -0.455 e. The van der Waals surface area contributed by atoms with E-state index in [1.54, 1.807) is 24.3 Å². The highest BCUT2D eigenvalue weighted by Crippen LogP contribution is 2.33. The van der Waals surface area contributed by atoms with E-state index in [0.29, 0.717) is 22.9 Å². The second-order valence-electron chi connectivity index (χ2n) is 4.47. The summed E-state index contributed by atoms with van der Waals surface area (Å²) >= 11 is 1.47. The number of amides is 2. The van der Waals surface area contributed by atoms with Gasteiger partial charge in [-0.1, -0.05) is 0 Å². The summed E-state index contributed by atoms with van der Waals surface area (Å²) in [5.41, 5.74) is 6.73. The van der Waals surface area contributed by atoms with Crippen molar-refractivity contribution in [3.05, 3.63) is 41.9 Å². The Morgan fingerprint density at radius 1 is 1.38 bits per heavy atom. The Kier molecular flexibility index (Phi) is 3.68. The van der Waals surface area contributed by atoms with Gasteiger partial charge in [0.1, 0.15) is 5.76 Å². The molecule has 0 fully saturated rings. The molecule has 108 valence electrons. The lowest BCUT2D eigenvalue weighted by Crippen LogP contribution is -2.19. The number of nitrogens with two attached hydrogens (primary N) is 1. The highest BCUT2D eigenvalue weighted by Gasteiger charge is 2.17. The van der Waals surface area contributed by atoms with Crippen LogP contribution in [0.25, 0.3) is 0 Å². The zero-order valence-corrected chi connectivity index (χ0v) is 11.8. The van der Waals surface area contributed by atoms with E-state index in [2.05, 4.69) is 10.6 Å². The predicted octanol–water partition coefficient (Wildman–Crippen LogP) is 2.03. The third kappa shape index (κ3) is 2.93. The number of thioether (sulfide) groups is 1. The molecular formula is C14H13N3O3S. The maximum atomic E-state index is 12.0. The Hall–Kier alpha value is -2.25. The van der Waals surface area contributed by atoms with Gasteiger partial charge in [-0.3, -0.25) is 9.59 Å². The van der Waals surface area contributed by atoms with Crippen LogP contribution in [0, 0.1) is 0 Å². The standard InChI is InChI=1S/C14H13N3O3S/c15-6-9-2-3-11(20-9)14(19)16-8-1-4-12-10(5-8)17-13(18)7-21-12/h1-5H,6-7,15H2,(H,16,19)(H,17,18). The van der Waals surface area contributed by atoms with Gasteiger partial charge in [-0.25, -0.2) is 0 Å². The summed E-state index contributed by atoms with van der Waals surface area (Å²) in [6.45, 7) is 0.245. The lowest BCUT2D eigenvalue weighted by Gasteiger charge is -2.17. The molecule has 0 atom stereocenters. The fourth-order valence-electron chi connectivity index (χ4n) is 1.96. The van der Waals surface area contributed by atoms with E-state index in [1.807, 2.05) is 6.07 Å². The molecule has 0 saturated carbocycles. The Labute approximate surface area is 125 Å².